The van der Waals surface area contributed by atoms with Gasteiger partial charge in [-0.25, -0.2) is 0 Å². The van der Waals surface area contributed by atoms with Crippen LogP contribution in [0.1, 0.15) is 31.0 Å². The highest BCUT2D eigenvalue weighted by molar-refractivity contribution is 4.85. The molecule has 5 heteroatoms. The predicted molar refractivity (Wildman–Crippen MR) is 51.3 cm³/mol. The van der Waals surface area contributed by atoms with Crippen LogP contribution in [0.25, 0.3) is 0 Å². The highest BCUT2D eigenvalue weighted by atomic mass is 16.5. The van der Waals surface area contributed by atoms with Gasteiger partial charge in [0.1, 0.15) is 0 Å². The molecule has 0 aromatic carbocycles. The van der Waals surface area contributed by atoms with Gasteiger partial charge in [-0.3, -0.25) is 4.90 Å². The topological polar surface area (TPSA) is 68.2 Å². The molecule has 0 atom stereocenters. The van der Waals surface area contributed by atoms with Crippen molar-refractivity contribution in [2.75, 3.05) is 13.1 Å². The van der Waals surface area contributed by atoms with Gasteiger partial charge in [-0.15, -0.1) is 0 Å². The van der Waals surface area contributed by atoms with Crippen LogP contribution >= 0.6 is 0 Å². The SMILES string of the molecule is NCc1noc(CN2CCCCC2)n1. The Bertz CT molecular complexity index is 280. The van der Waals surface area contributed by atoms with E-state index in [0.717, 1.165) is 19.6 Å². The highest BCUT2D eigenvalue weighted by Gasteiger charge is 2.13. The molecule has 2 heterocycles. The third kappa shape index (κ3) is 2.30. The monoisotopic (exact) mass is 196 g/mol. The zero-order valence-electron chi connectivity index (χ0n) is 8.28. The lowest BCUT2D eigenvalue weighted by Crippen LogP contribution is -2.29. The molecule has 0 radical (unpaired) electrons. The van der Waals surface area contributed by atoms with Crippen molar-refractivity contribution < 1.29 is 4.52 Å². The second kappa shape index (κ2) is 4.52. The summed E-state index contributed by atoms with van der Waals surface area (Å²) >= 11 is 0. The van der Waals surface area contributed by atoms with Crippen molar-refractivity contribution in [3.63, 3.8) is 0 Å². The summed E-state index contributed by atoms with van der Waals surface area (Å²) in [6.45, 7) is 3.40. The van der Waals surface area contributed by atoms with Crippen molar-refractivity contribution in [2.24, 2.45) is 5.73 Å². The van der Waals surface area contributed by atoms with Gasteiger partial charge in [-0.05, 0) is 25.9 Å². The van der Waals surface area contributed by atoms with Crippen LogP contribution in [-0.4, -0.2) is 28.1 Å². The van der Waals surface area contributed by atoms with Crippen LogP contribution in [0, 0.1) is 0 Å². The first kappa shape index (κ1) is 9.61. The first-order chi connectivity index (χ1) is 6.88. The largest absolute Gasteiger partial charge is 0.338 e. The summed E-state index contributed by atoms with van der Waals surface area (Å²) < 4.78 is 5.08. The van der Waals surface area contributed by atoms with E-state index in [0.29, 0.717) is 18.3 Å². The van der Waals surface area contributed by atoms with Gasteiger partial charge in [-0.1, -0.05) is 11.6 Å². The molecular weight excluding hydrogens is 180 g/mol. The number of nitrogens with zero attached hydrogens (tertiary/aromatic N) is 3. The van der Waals surface area contributed by atoms with Crippen molar-refractivity contribution in [3.05, 3.63) is 11.7 Å². The third-order valence-corrected chi connectivity index (χ3v) is 2.50. The smallest absolute Gasteiger partial charge is 0.240 e. The number of rotatable bonds is 3. The molecule has 1 fully saturated rings. The summed E-state index contributed by atoms with van der Waals surface area (Å²) in [5.74, 6) is 1.28. The lowest BCUT2D eigenvalue weighted by atomic mass is 10.1. The second-order valence-corrected chi connectivity index (χ2v) is 3.65. The number of aromatic nitrogens is 2. The molecule has 1 aliphatic rings. The van der Waals surface area contributed by atoms with Gasteiger partial charge in [0.2, 0.25) is 5.89 Å². The number of piperidine rings is 1. The van der Waals surface area contributed by atoms with Gasteiger partial charge in [0, 0.05) is 0 Å². The lowest BCUT2D eigenvalue weighted by molar-refractivity contribution is 0.193. The van der Waals surface area contributed by atoms with E-state index in [4.69, 9.17) is 10.3 Å². The minimum atomic E-state index is 0.351. The molecule has 2 rings (SSSR count). The number of hydrogen-bond acceptors (Lipinski definition) is 5. The van der Waals surface area contributed by atoms with E-state index < -0.39 is 0 Å². The summed E-state index contributed by atoms with van der Waals surface area (Å²) in [5.41, 5.74) is 5.40. The molecule has 0 aliphatic carbocycles. The first-order valence-corrected chi connectivity index (χ1v) is 5.12. The quantitative estimate of drug-likeness (QED) is 0.763. The van der Waals surface area contributed by atoms with E-state index in [9.17, 15) is 0 Å². The summed E-state index contributed by atoms with van der Waals surface area (Å²) in [6, 6.07) is 0. The Labute approximate surface area is 83.3 Å². The Morgan fingerprint density at radius 1 is 1.29 bits per heavy atom. The van der Waals surface area contributed by atoms with Crippen LogP contribution in [0.3, 0.4) is 0 Å². The van der Waals surface area contributed by atoms with Crippen LogP contribution in [0.2, 0.25) is 0 Å². The average molecular weight is 196 g/mol. The first-order valence-electron chi connectivity index (χ1n) is 5.12. The molecule has 0 spiro atoms. The van der Waals surface area contributed by atoms with Crippen molar-refractivity contribution in [1.82, 2.24) is 15.0 Å². The fourth-order valence-corrected chi connectivity index (χ4v) is 1.75. The Morgan fingerprint density at radius 2 is 2.07 bits per heavy atom. The van der Waals surface area contributed by atoms with Gasteiger partial charge < -0.3 is 10.3 Å². The number of likely N-dealkylation sites (tertiary alicyclic amines) is 1. The van der Waals surface area contributed by atoms with E-state index in [1.165, 1.54) is 19.3 Å². The van der Waals surface area contributed by atoms with Crippen molar-refractivity contribution in [1.29, 1.82) is 0 Å². The Kier molecular flexibility index (Phi) is 3.10. The minimum Gasteiger partial charge on any atom is -0.338 e. The van der Waals surface area contributed by atoms with E-state index in [2.05, 4.69) is 15.0 Å². The van der Waals surface area contributed by atoms with Crippen molar-refractivity contribution >= 4 is 0 Å². The molecule has 78 valence electrons. The normalized spacial score (nSPS) is 18.6. The molecule has 1 aromatic heterocycles. The molecule has 0 bridgehead atoms. The highest BCUT2D eigenvalue weighted by Crippen LogP contribution is 2.11. The summed E-state index contributed by atoms with van der Waals surface area (Å²) in [4.78, 5) is 6.52. The van der Waals surface area contributed by atoms with Crippen molar-refractivity contribution in [2.45, 2.75) is 32.4 Å². The van der Waals surface area contributed by atoms with Crippen LogP contribution in [0.4, 0.5) is 0 Å². The van der Waals surface area contributed by atoms with Crippen LogP contribution < -0.4 is 5.73 Å². The molecule has 2 N–H and O–H groups in total. The van der Waals surface area contributed by atoms with Crippen LogP contribution in [-0.2, 0) is 13.1 Å². The Balaban J connectivity index is 1.89. The van der Waals surface area contributed by atoms with E-state index in [1.807, 2.05) is 0 Å². The molecule has 14 heavy (non-hydrogen) atoms. The van der Waals surface area contributed by atoms with Gasteiger partial charge in [-0.2, -0.15) is 4.98 Å². The molecule has 0 unspecified atom stereocenters. The van der Waals surface area contributed by atoms with Crippen LogP contribution in [0.15, 0.2) is 4.52 Å². The zero-order chi connectivity index (χ0) is 9.80. The molecular formula is C9H16N4O. The maximum Gasteiger partial charge on any atom is 0.240 e. The minimum absolute atomic E-state index is 0.351. The second-order valence-electron chi connectivity index (χ2n) is 3.65. The summed E-state index contributed by atoms with van der Waals surface area (Å²) in [6.07, 6.45) is 3.89. The third-order valence-electron chi connectivity index (χ3n) is 2.50. The lowest BCUT2D eigenvalue weighted by Gasteiger charge is -2.24. The maximum absolute atomic E-state index is 5.40. The standard InChI is InChI=1S/C9H16N4O/c10-6-8-11-9(14-12-8)7-13-4-2-1-3-5-13/h1-7,10H2. The van der Waals surface area contributed by atoms with E-state index >= 15 is 0 Å². The molecule has 5 nitrogen and oxygen atoms in total. The maximum atomic E-state index is 5.40. The van der Waals surface area contributed by atoms with Gasteiger partial charge in [0.25, 0.3) is 0 Å². The molecule has 0 amide bonds. The average Bonchev–Trinajstić information content (AvgIpc) is 2.67. The predicted octanol–water partition coefficient (Wildman–Crippen LogP) is 0.514. The van der Waals surface area contributed by atoms with Crippen LogP contribution in [0.5, 0.6) is 0 Å². The van der Waals surface area contributed by atoms with Gasteiger partial charge >= 0.3 is 0 Å². The van der Waals surface area contributed by atoms with Gasteiger partial charge in [0.15, 0.2) is 5.82 Å². The zero-order valence-corrected chi connectivity index (χ0v) is 8.28. The molecule has 0 saturated carbocycles. The molecule has 1 aromatic rings. The Hall–Kier alpha value is -0.940. The fraction of sp³-hybridized carbons (Fsp3) is 0.778. The number of nitrogens with two attached hydrogens (primary N) is 1. The van der Waals surface area contributed by atoms with E-state index in [1.54, 1.807) is 0 Å². The summed E-state index contributed by atoms with van der Waals surface area (Å²) in [5, 5.41) is 3.76. The van der Waals surface area contributed by atoms with E-state index in [-0.39, 0.29) is 0 Å². The molecule has 1 aliphatic heterocycles. The van der Waals surface area contributed by atoms with Crippen molar-refractivity contribution in [3.8, 4) is 0 Å². The summed E-state index contributed by atoms with van der Waals surface area (Å²) in [7, 11) is 0. The van der Waals surface area contributed by atoms with Gasteiger partial charge in [0.05, 0.1) is 13.1 Å². The Morgan fingerprint density at radius 3 is 2.71 bits per heavy atom. The fourth-order valence-electron chi connectivity index (χ4n) is 1.75. The molecule has 1 saturated heterocycles. The number of hydrogen-bond donors (Lipinski definition) is 1.